The Morgan fingerprint density at radius 1 is 0.960 bits per heavy atom. The lowest BCUT2D eigenvalue weighted by atomic mass is 10.1. The van der Waals surface area contributed by atoms with Crippen molar-refractivity contribution in [3.8, 4) is 0 Å². The Labute approximate surface area is 148 Å². The van der Waals surface area contributed by atoms with E-state index in [1.54, 1.807) is 0 Å². The van der Waals surface area contributed by atoms with E-state index >= 15 is 0 Å². The first-order valence-electron chi connectivity index (χ1n) is 8.70. The number of hydrogen-bond acceptors (Lipinski definition) is 4. The molecule has 1 aliphatic heterocycles. The molecule has 0 saturated carbocycles. The third kappa shape index (κ3) is 6.82. The number of carbonyl (C=O) groups excluding carboxylic acids is 3. The van der Waals surface area contributed by atoms with E-state index in [0.717, 1.165) is 13.1 Å². The van der Waals surface area contributed by atoms with Gasteiger partial charge in [0.25, 0.3) is 0 Å². The van der Waals surface area contributed by atoms with E-state index in [4.69, 9.17) is 0 Å². The van der Waals surface area contributed by atoms with Gasteiger partial charge in [-0.1, -0.05) is 0 Å². The minimum absolute atomic E-state index is 0.0905. The fourth-order valence-corrected chi connectivity index (χ4v) is 2.73. The highest BCUT2D eigenvalue weighted by Gasteiger charge is 2.11. The lowest BCUT2D eigenvalue weighted by Gasteiger charge is -2.28. The van der Waals surface area contributed by atoms with E-state index in [9.17, 15) is 14.4 Å². The predicted octanol–water partition coefficient (Wildman–Crippen LogP) is 1.26. The molecule has 136 valence electrons. The summed E-state index contributed by atoms with van der Waals surface area (Å²) in [5, 5.41) is 7.82. The van der Waals surface area contributed by atoms with E-state index in [1.165, 1.54) is 31.9 Å². The van der Waals surface area contributed by atoms with Crippen LogP contribution in [0.1, 0.15) is 32.6 Å². The summed E-state index contributed by atoms with van der Waals surface area (Å²) >= 11 is 0. The molecule has 0 spiro atoms. The molecule has 0 unspecified atom stereocenters. The molecule has 1 aliphatic rings. The number of amides is 3. The Hall–Kier alpha value is -2.57. The van der Waals surface area contributed by atoms with Crippen molar-refractivity contribution in [2.75, 3.05) is 36.4 Å². The fourth-order valence-electron chi connectivity index (χ4n) is 2.73. The molecule has 7 heteroatoms. The van der Waals surface area contributed by atoms with E-state index in [-0.39, 0.29) is 37.2 Å². The summed E-state index contributed by atoms with van der Waals surface area (Å²) in [6.45, 7) is 3.72. The molecule has 1 aromatic rings. The maximum atomic E-state index is 11.9. The second kappa shape index (κ2) is 9.66. The van der Waals surface area contributed by atoms with Crippen LogP contribution in [-0.4, -0.2) is 43.9 Å². The molecule has 0 aliphatic carbocycles. The van der Waals surface area contributed by atoms with Crippen molar-refractivity contribution in [2.24, 2.45) is 0 Å². The SMILES string of the molecule is CC(=O)NCCC(=O)NCC(=O)Nc1ccc(N2CCCCC2)cc1. The number of anilines is 2. The first-order valence-corrected chi connectivity index (χ1v) is 8.70. The monoisotopic (exact) mass is 346 g/mol. The standard InChI is InChI=1S/C18H26N4O3/c1-14(23)19-10-9-17(24)20-13-18(25)21-15-5-7-16(8-6-15)22-11-3-2-4-12-22/h5-8H,2-4,9-13H2,1H3,(H,19,23)(H,20,24)(H,21,25). The Morgan fingerprint density at radius 3 is 2.28 bits per heavy atom. The van der Waals surface area contributed by atoms with Gasteiger partial charge in [-0.3, -0.25) is 14.4 Å². The van der Waals surface area contributed by atoms with Gasteiger partial charge in [0.15, 0.2) is 0 Å². The number of nitrogens with zero attached hydrogens (tertiary/aromatic N) is 1. The molecule has 0 bridgehead atoms. The first-order chi connectivity index (χ1) is 12.0. The van der Waals surface area contributed by atoms with Crippen molar-refractivity contribution < 1.29 is 14.4 Å². The quantitative estimate of drug-likeness (QED) is 0.693. The van der Waals surface area contributed by atoms with Crippen molar-refractivity contribution in [3.05, 3.63) is 24.3 Å². The van der Waals surface area contributed by atoms with Crippen molar-refractivity contribution in [1.82, 2.24) is 10.6 Å². The molecule has 1 aromatic carbocycles. The highest BCUT2D eigenvalue weighted by Crippen LogP contribution is 2.21. The van der Waals surface area contributed by atoms with E-state index in [2.05, 4.69) is 20.9 Å². The number of hydrogen-bond donors (Lipinski definition) is 3. The van der Waals surface area contributed by atoms with Crippen LogP contribution in [-0.2, 0) is 14.4 Å². The van der Waals surface area contributed by atoms with Crippen LogP contribution in [0.25, 0.3) is 0 Å². The Kier molecular flexibility index (Phi) is 7.25. The number of piperidine rings is 1. The zero-order valence-corrected chi connectivity index (χ0v) is 14.6. The molecule has 3 N–H and O–H groups in total. The summed E-state index contributed by atoms with van der Waals surface area (Å²) in [4.78, 5) is 36.5. The van der Waals surface area contributed by atoms with Gasteiger partial charge in [0.05, 0.1) is 6.54 Å². The zero-order valence-electron chi connectivity index (χ0n) is 14.6. The summed E-state index contributed by atoms with van der Waals surface area (Å²) in [6, 6.07) is 7.76. The lowest BCUT2D eigenvalue weighted by molar-refractivity contribution is -0.124. The van der Waals surface area contributed by atoms with Crippen molar-refractivity contribution >= 4 is 29.1 Å². The average molecular weight is 346 g/mol. The van der Waals surface area contributed by atoms with E-state index in [0.29, 0.717) is 5.69 Å². The van der Waals surface area contributed by atoms with Crippen LogP contribution in [0.4, 0.5) is 11.4 Å². The topological polar surface area (TPSA) is 90.5 Å². The number of carbonyl (C=O) groups is 3. The van der Waals surface area contributed by atoms with Gasteiger partial charge >= 0.3 is 0 Å². The first kappa shape index (κ1) is 18.8. The maximum Gasteiger partial charge on any atom is 0.243 e. The predicted molar refractivity (Wildman–Crippen MR) is 97.4 cm³/mol. The zero-order chi connectivity index (χ0) is 18.1. The van der Waals surface area contributed by atoms with Gasteiger partial charge in [0.2, 0.25) is 17.7 Å². The molecular weight excluding hydrogens is 320 g/mol. The Bertz CT molecular complexity index is 595. The third-order valence-corrected chi connectivity index (χ3v) is 4.04. The Morgan fingerprint density at radius 2 is 1.64 bits per heavy atom. The summed E-state index contributed by atoms with van der Waals surface area (Å²) < 4.78 is 0. The summed E-state index contributed by atoms with van der Waals surface area (Å²) in [7, 11) is 0. The molecule has 0 aromatic heterocycles. The van der Waals surface area contributed by atoms with Crippen LogP contribution in [0.2, 0.25) is 0 Å². The summed E-state index contributed by atoms with van der Waals surface area (Å²) in [5.74, 6) is -0.735. The van der Waals surface area contributed by atoms with Gasteiger partial charge in [-0.05, 0) is 43.5 Å². The van der Waals surface area contributed by atoms with Gasteiger partial charge in [0, 0.05) is 44.4 Å². The molecule has 7 nitrogen and oxygen atoms in total. The highest BCUT2D eigenvalue weighted by atomic mass is 16.2. The molecule has 0 radical (unpaired) electrons. The number of benzene rings is 1. The second-order valence-corrected chi connectivity index (χ2v) is 6.15. The van der Waals surface area contributed by atoms with Crippen molar-refractivity contribution in [2.45, 2.75) is 32.6 Å². The van der Waals surface area contributed by atoms with Crippen LogP contribution >= 0.6 is 0 Å². The summed E-state index contributed by atoms with van der Waals surface area (Å²) in [6.07, 6.45) is 3.89. The lowest BCUT2D eigenvalue weighted by Crippen LogP contribution is -2.35. The third-order valence-electron chi connectivity index (χ3n) is 4.04. The minimum Gasteiger partial charge on any atom is -0.372 e. The molecule has 0 atom stereocenters. The number of nitrogens with one attached hydrogen (secondary N) is 3. The van der Waals surface area contributed by atoms with Crippen LogP contribution < -0.4 is 20.9 Å². The van der Waals surface area contributed by atoms with Crippen LogP contribution in [0.3, 0.4) is 0 Å². The molecule has 1 fully saturated rings. The number of rotatable bonds is 7. The maximum absolute atomic E-state index is 11.9. The average Bonchev–Trinajstić information content (AvgIpc) is 2.61. The largest absolute Gasteiger partial charge is 0.372 e. The van der Waals surface area contributed by atoms with Crippen molar-refractivity contribution in [3.63, 3.8) is 0 Å². The van der Waals surface area contributed by atoms with Crippen molar-refractivity contribution in [1.29, 1.82) is 0 Å². The summed E-state index contributed by atoms with van der Waals surface area (Å²) in [5.41, 5.74) is 1.88. The van der Waals surface area contributed by atoms with E-state index in [1.807, 2.05) is 24.3 Å². The molecular formula is C18H26N4O3. The smallest absolute Gasteiger partial charge is 0.243 e. The van der Waals surface area contributed by atoms with E-state index < -0.39 is 0 Å². The van der Waals surface area contributed by atoms with Gasteiger partial charge in [-0.25, -0.2) is 0 Å². The second-order valence-electron chi connectivity index (χ2n) is 6.15. The molecule has 1 heterocycles. The molecule has 2 rings (SSSR count). The molecule has 25 heavy (non-hydrogen) atoms. The minimum atomic E-state index is -0.279. The highest BCUT2D eigenvalue weighted by molar-refractivity contribution is 5.94. The normalized spacial score (nSPS) is 13.9. The van der Waals surface area contributed by atoms with Crippen LogP contribution in [0.5, 0.6) is 0 Å². The van der Waals surface area contributed by atoms with Gasteiger partial charge in [-0.2, -0.15) is 0 Å². The van der Waals surface area contributed by atoms with Gasteiger partial charge < -0.3 is 20.9 Å². The molecule has 1 saturated heterocycles. The fraction of sp³-hybridized carbons (Fsp3) is 0.500. The Balaban J connectivity index is 1.71. The van der Waals surface area contributed by atoms with Crippen LogP contribution in [0, 0.1) is 0 Å². The van der Waals surface area contributed by atoms with Gasteiger partial charge in [-0.15, -0.1) is 0 Å². The molecule has 3 amide bonds. The van der Waals surface area contributed by atoms with Gasteiger partial charge in [0.1, 0.15) is 0 Å². The van der Waals surface area contributed by atoms with Crippen LogP contribution in [0.15, 0.2) is 24.3 Å².